The number of hydrogen-bond donors (Lipinski definition) is 0. The number of ether oxygens (including phenoxy) is 1. The molecule has 0 saturated heterocycles. The Balaban J connectivity index is 4.13. The molecular formula is C18H40N4O2. The van der Waals surface area contributed by atoms with Crippen molar-refractivity contribution in [2.24, 2.45) is 0 Å². The van der Waals surface area contributed by atoms with E-state index in [1.165, 1.54) is 0 Å². The summed E-state index contributed by atoms with van der Waals surface area (Å²) in [6.07, 6.45) is 0.448. The molecule has 6 heteroatoms. The van der Waals surface area contributed by atoms with Crippen LogP contribution in [0.15, 0.2) is 0 Å². The Hall–Kier alpha value is -0.690. The summed E-state index contributed by atoms with van der Waals surface area (Å²) in [5.41, 5.74) is -0.398. The third-order valence-electron chi connectivity index (χ3n) is 3.64. The lowest BCUT2D eigenvalue weighted by molar-refractivity contribution is -0.155. The van der Waals surface area contributed by atoms with E-state index < -0.39 is 5.60 Å². The Kier molecular flexibility index (Phi) is 11.5. The highest BCUT2D eigenvalue weighted by Gasteiger charge is 2.16. The highest BCUT2D eigenvalue weighted by atomic mass is 16.6. The minimum Gasteiger partial charge on any atom is -0.460 e. The molecule has 0 atom stereocenters. The number of rotatable bonds is 12. The maximum Gasteiger partial charge on any atom is 0.307 e. The lowest BCUT2D eigenvalue weighted by Gasteiger charge is -2.28. The molecule has 0 amide bonds. The van der Waals surface area contributed by atoms with Crippen LogP contribution in [0.25, 0.3) is 0 Å². The van der Waals surface area contributed by atoms with Crippen LogP contribution in [-0.4, -0.2) is 112 Å². The topological polar surface area (TPSA) is 39.3 Å². The number of likely N-dealkylation sites (N-methyl/N-ethyl adjacent to an activating group) is 3. The Labute approximate surface area is 149 Å². The predicted octanol–water partition coefficient (Wildman–Crippen LogP) is 1.08. The maximum atomic E-state index is 11.8. The van der Waals surface area contributed by atoms with E-state index in [1.54, 1.807) is 0 Å². The monoisotopic (exact) mass is 344 g/mol. The second-order valence-corrected chi connectivity index (χ2v) is 8.09. The zero-order valence-electron chi connectivity index (χ0n) is 17.3. The van der Waals surface area contributed by atoms with Gasteiger partial charge >= 0.3 is 5.97 Å². The van der Waals surface area contributed by atoms with Crippen molar-refractivity contribution in [2.75, 3.05) is 81.1 Å². The minimum atomic E-state index is -0.398. The summed E-state index contributed by atoms with van der Waals surface area (Å²) < 4.78 is 5.36. The summed E-state index contributed by atoms with van der Waals surface area (Å²) in [5.74, 6) is -0.119. The maximum absolute atomic E-state index is 11.8. The number of esters is 1. The van der Waals surface area contributed by atoms with E-state index in [9.17, 15) is 4.79 Å². The van der Waals surface area contributed by atoms with Gasteiger partial charge in [0.1, 0.15) is 5.60 Å². The van der Waals surface area contributed by atoms with Crippen molar-refractivity contribution in [1.82, 2.24) is 19.6 Å². The molecule has 0 aromatic rings. The van der Waals surface area contributed by atoms with Gasteiger partial charge in [-0.1, -0.05) is 0 Å². The van der Waals surface area contributed by atoms with Gasteiger partial charge in [-0.15, -0.1) is 0 Å². The van der Waals surface area contributed by atoms with Gasteiger partial charge in [-0.25, -0.2) is 0 Å². The number of hydrogen-bond acceptors (Lipinski definition) is 6. The molecule has 0 aliphatic carbocycles. The van der Waals surface area contributed by atoms with Crippen LogP contribution < -0.4 is 0 Å². The van der Waals surface area contributed by atoms with E-state index >= 15 is 0 Å². The van der Waals surface area contributed by atoms with Gasteiger partial charge in [0.05, 0.1) is 6.42 Å². The Morgan fingerprint density at radius 1 is 0.750 bits per heavy atom. The van der Waals surface area contributed by atoms with Crippen LogP contribution in [-0.2, 0) is 9.53 Å². The van der Waals surface area contributed by atoms with Crippen molar-refractivity contribution in [2.45, 2.75) is 32.8 Å². The van der Waals surface area contributed by atoms with Crippen LogP contribution in [0.5, 0.6) is 0 Å². The molecule has 0 unspecified atom stereocenters. The van der Waals surface area contributed by atoms with Crippen LogP contribution in [0.4, 0.5) is 0 Å². The van der Waals surface area contributed by atoms with Crippen molar-refractivity contribution in [1.29, 1.82) is 0 Å². The average molecular weight is 345 g/mol. The molecule has 0 fully saturated rings. The van der Waals surface area contributed by atoms with Gasteiger partial charge in [-0.3, -0.25) is 9.69 Å². The Morgan fingerprint density at radius 2 is 1.21 bits per heavy atom. The van der Waals surface area contributed by atoms with Gasteiger partial charge < -0.3 is 19.4 Å². The molecule has 0 saturated carbocycles. The summed E-state index contributed by atoms with van der Waals surface area (Å²) in [6.45, 7) is 12.7. The Morgan fingerprint density at radius 3 is 1.62 bits per heavy atom. The van der Waals surface area contributed by atoms with Gasteiger partial charge in [-0.05, 0) is 56.0 Å². The van der Waals surface area contributed by atoms with Gasteiger partial charge in [-0.2, -0.15) is 0 Å². The number of nitrogens with zero attached hydrogens (tertiary/aromatic N) is 4. The van der Waals surface area contributed by atoms with E-state index in [2.05, 4.69) is 54.8 Å². The second kappa shape index (κ2) is 11.8. The molecule has 0 aromatic heterocycles. The molecular weight excluding hydrogens is 304 g/mol. The van der Waals surface area contributed by atoms with Crippen molar-refractivity contribution in [3.8, 4) is 0 Å². The molecule has 0 radical (unpaired) electrons. The van der Waals surface area contributed by atoms with Crippen molar-refractivity contribution >= 4 is 5.97 Å². The third-order valence-corrected chi connectivity index (χ3v) is 3.64. The van der Waals surface area contributed by atoms with Crippen LogP contribution in [0.2, 0.25) is 0 Å². The van der Waals surface area contributed by atoms with Crippen LogP contribution in [0, 0.1) is 0 Å². The molecule has 6 nitrogen and oxygen atoms in total. The highest BCUT2D eigenvalue weighted by Crippen LogP contribution is 2.08. The largest absolute Gasteiger partial charge is 0.460 e. The first-order valence-corrected chi connectivity index (χ1v) is 8.92. The van der Waals surface area contributed by atoms with E-state index in [-0.39, 0.29) is 5.97 Å². The third kappa shape index (κ3) is 14.9. The molecule has 24 heavy (non-hydrogen) atoms. The number of carbonyl (C=O) groups excluding carboxylic acids is 1. The van der Waals surface area contributed by atoms with Crippen LogP contribution >= 0.6 is 0 Å². The fraction of sp³-hybridized carbons (Fsp3) is 0.944. The second-order valence-electron chi connectivity index (χ2n) is 8.09. The lowest BCUT2D eigenvalue weighted by Crippen LogP contribution is -2.41. The fourth-order valence-corrected chi connectivity index (χ4v) is 2.12. The molecule has 0 heterocycles. The normalized spacial score (nSPS) is 12.7. The molecule has 0 N–H and O–H groups in total. The SMILES string of the molecule is CN(C)CCN(CCN(C)C)CCN(C)CCC(=O)OC(C)(C)C. The van der Waals surface area contributed by atoms with Crippen molar-refractivity contribution in [3.63, 3.8) is 0 Å². The summed E-state index contributed by atoms with van der Waals surface area (Å²) in [4.78, 5) is 20.9. The van der Waals surface area contributed by atoms with Crippen molar-refractivity contribution in [3.05, 3.63) is 0 Å². The molecule has 0 aliphatic rings. The summed E-state index contributed by atoms with van der Waals surface area (Å²) in [5, 5.41) is 0. The molecule has 0 aromatic carbocycles. The summed E-state index contributed by atoms with van der Waals surface area (Å²) >= 11 is 0. The quantitative estimate of drug-likeness (QED) is 0.493. The smallest absolute Gasteiger partial charge is 0.307 e. The van der Waals surface area contributed by atoms with Crippen LogP contribution in [0.1, 0.15) is 27.2 Å². The number of carbonyl (C=O) groups is 1. The fourth-order valence-electron chi connectivity index (χ4n) is 2.12. The molecule has 0 rings (SSSR count). The summed E-state index contributed by atoms with van der Waals surface area (Å²) in [6, 6.07) is 0. The van der Waals surface area contributed by atoms with E-state index in [0.29, 0.717) is 6.42 Å². The van der Waals surface area contributed by atoms with Gasteiger partial charge in [0.25, 0.3) is 0 Å². The Bertz CT molecular complexity index is 328. The van der Waals surface area contributed by atoms with E-state index in [1.807, 2.05) is 20.8 Å². The van der Waals surface area contributed by atoms with Gasteiger partial charge in [0.15, 0.2) is 0 Å². The molecule has 0 aliphatic heterocycles. The first-order valence-electron chi connectivity index (χ1n) is 8.92. The zero-order valence-corrected chi connectivity index (χ0v) is 17.3. The first-order chi connectivity index (χ1) is 11.0. The standard InChI is InChI=1S/C18H40N4O2/c1-18(2,3)24-17(23)9-10-21(8)13-16-22(14-11-19(4)5)15-12-20(6)7/h9-16H2,1-8H3. The van der Waals surface area contributed by atoms with Crippen LogP contribution in [0.3, 0.4) is 0 Å². The first kappa shape index (κ1) is 23.3. The van der Waals surface area contributed by atoms with Gasteiger partial charge in [0, 0.05) is 45.8 Å². The summed E-state index contributed by atoms with van der Waals surface area (Å²) in [7, 11) is 10.5. The molecule has 0 bridgehead atoms. The molecule has 0 spiro atoms. The average Bonchev–Trinajstić information content (AvgIpc) is 2.41. The zero-order chi connectivity index (χ0) is 18.8. The van der Waals surface area contributed by atoms with Crippen molar-refractivity contribution < 1.29 is 9.53 Å². The highest BCUT2D eigenvalue weighted by molar-refractivity contribution is 5.70. The predicted molar refractivity (Wildman–Crippen MR) is 102 cm³/mol. The van der Waals surface area contributed by atoms with Gasteiger partial charge in [0.2, 0.25) is 0 Å². The minimum absolute atomic E-state index is 0.119. The van der Waals surface area contributed by atoms with E-state index in [4.69, 9.17) is 4.74 Å². The van der Waals surface area contributed by atoms with E-state index in [0.717, 1.165) is 45.8 Å². The lowest BCUT2D eigenvalue weighted by atomic mass is 10.2. The molecule has 144 valence electrons.